The van der Waals surface area contributed by atoms with Crippen molar-refractivity contribution in [1.82, 2.24) is 5.01 Å². The topological polar surface area (TPSA) is 106 Å². The number of hydrogen-bond acceptors (Lipinski definition) is 5. The van der Waals surface area contributed by atoms with Crippen LogP contribution in [-0.2, 0) is 11.1 Å². The third-order valence-corrected chi connectivity index (χ3v) is 4.20. The molecule has 0 aliphatic heterocycles. The Labute approximate surface area is 160 Å². The van der Waals surface area contributed by atoms with Crippen molar-refractivity contribution in [3.63, 3.8) is 0 Å². The Balaban J connectivity index is 2.40. The molecule has 0 fully saturated rings. The van der Waals surface area contributed by atoms with E-state index in [0.717, 1.165) is 6.21 Å². The molecule has 0 bridgehead atoms. The summed E-state index contributed by atoms with van der Waals surface area (Å²) in [7, 11) is 1.31. The molecule has 0 heterocycles. The van der Waals surface area contributed by atoms with Crippen molar-refractivity contribution in [2.45, 2.75) is 11.1 Å². The first kappa shape index (κ1) is 21.4. The van der Waals surface area contributed by atoms with E-state index in [1.165, 1.54) is 49.6 Å². The van der Waals surface area contributed by atoms with Gasteiger partial charge >= 0.3 is 6.18 Å². The zero-order valence-electron chi connectivity index (χ0n) is 14.5. The Kier molecular flexibility index (Phi) is 6.75. The molecule has 11 heteroatoms. The number of benzene rings is 2. The molecule has 0 saturated carbocycles. The molecule has 0 amide bonds. The van der Waals surface area contributed by atoms with Gasteiger partial charge in [-0.3, -0.25) is 5.41 Å². The summed E-state index contributed by atoms with van der Waals surface area (Å²) in [6.45, 7) is -1.58. The zero-order chi connectivity index (χ0) is 20.9. The number of ether oxygens (including phenoxy) is 1. The number of hydrogen-bond donors (Lipinski definition) is 3. The van der Waals surface area contributed by atoms with E-state index in [4.69, 9.17) is 10.1 Å². The number of alkyl halides is 3. The van der Waals surface area contributed by atoms with Crippen molar-refractivity contribution in [2.75, 3.05) is 13.7 Å². The van der Waals surface area contributed by atoms with E-state index in [1.807, 2.05) is 0 Å². The number of phenolic OH excluding ortho intramolecular Hbond substituents is 1. The molecule has 3 N–H and O–H groups in total. The average Bonchev–Trinajstić information content (AvgIpc) is 2.64. The van der Waals surface area contributed by atoms with Crippen LogP contribution >= 0.6 is 0 Å². The third kappa shape index (κ3) is 5.54. The number of nitrogens with zero attached hydrogens (tertiary/aromatic N) is 2. The minimum Gasteiger partial charge on any atom is -0.504 e. The van der Waals surface area contributed by atoms with Crippen molar-refractivity contribution in [1.29, 1.82) is 5.41 Å². The normalized spacial score (nSPS) is 12.8. The maximum absolute atomic E-state index is 13.0. The van der Waals surface area contributed by atoms with Gasteiger partial charge < -0.3 is 14.4 Å². The predicted octanol–water partition coefficient (Wildman–Crippen LogP) is 3.21. The molecule has 0 aromatic heterocycles. The van der Waals surface area contributed by atoms with Gasteiger partial charge in [0.2, 0.25) is 0 Å². The number of aromatic hydroxyl groups is 1. The summed E-state index contributed by atoms with van der Waals surface area (Å²) in [6, 6.07) is 9.39. The van der Waals surface area contributed by atoms with Crippen LogP contribution in [0.25, 0.3) is 0 Å². The van der Waals surface area contributed by atoms with Crippen LogP contribution in [0.2, 0.25) is 0 Å². The molecule has 28 heavy (non-hydrogen) atoms. The van der Waals surface area contributed by atoms with Crippen LogP contribution in [0.15, 0.2) is 52.5 Å². The monoisotopic (exact) mass is 415 g/mol. The van der Waals surface area contributed by atoms with E-state index in [2.05, 4.69) is 5.10 Å². The molecule has 0 aliphatic carbocycles. The maximum atomic E-state index is 13.0. The number of halogens is 3. The second-order valence-electron chi connectivity index (χ2n) is 5.44. The fourth-order valence-corrected chi connectivity index (χ4v) is 2.76. The molecule has 2 aromatic carbocycles. The lowest BCUT2D eigenvalue weighted by Gasteiger charge is -2.22. The molecule has 0 spiro atoms. The number of rotatable bonds is 6. The highest BCUT2D eigenvalue weighted by molar-refractivity contribution is 7.79. The van der Waals surface area contributed by atoms with Crippen LogP contribution in [0.1, 0.15) is 11.1 Å². The van der Waals surface area contributed by atoms with Gasteiger partial charge in [-0.25, -0.2) is 9.22 Å². The Morgan fingerprint density at radius 3 is 2.61 bits per heavy atom. The first-order valence-electron chi connectivity index (χ1n) is 7.66. The van der Waals surface area contributed by atoms with E-state index >= 15 is 0 Å². The summed E-state index contributed by atoms with van der Waals surface area (Å²) in [5, 5.41) is 21.7. The van der Waals surface area contributed by atoms with Gasteiger partial charge in [0.1, 0.15) is 12.4 Å². The Morgan fingerprint density at radius 1 is 1.32 bits per heavy atom. The van der Waals surface area contributed by atoms with E-state index in [9.17, 15) is 27.0 Å². The van der Waals surface area contributed by atoms with Crippen LogP contribution < -0.4 is 4.74 Å². The van der Waals surface area contributed by atoms with Crippen molar-refractivity contribution in [3.05, 3.63) is 53.6 Å². The lowest BCUT2D eigenvalue weighted by Crippen LogP contribution is -2.35. The van der Waals surface area contributed by atoms with Crippen LogP contribution in [0, 0.1) is 5.41 Å². The van der Waals surface area contributed by atoms with Crippen molar-refractivity contribution >= 4 is 23.1 Å². The minimum atomic E-state index is -4.68. The summed E-state index contributed by atoms with van der Waals surface area (Å²) in [4.78, 5) is -0.207. The summed E-state index contributed by atoms with van der Waals surface area (Å²) in [6.07, 6.45) is -3.62. The van der Waals surface area contributed by atoms with Crippen LogP contribution in [0.3, 0.4) is 0 Å². The number of phenols is 1. The Hall–Kier alpha value is -2.92. The van der Waals surface area contributed by atoms with Crippen LogP contribution in [0.4, 0.5) is 13.2 Å². The highest BCUT2D eigenvalue weighted by atomic mass is 32.2. The quantitative estimate of drug-likeness (QED) is 0.291. The number of nitrogens with one attached hydrogen (secondary N) is 1. The number of amidine groups is 1. The average molecular weight is 415 g/mol. The van der Waals surface area contributed by atoms with Crippen molar-refractivity contribution in [3.8, 4) is 11.5 Å². The molecule has 150 valence electrons. The highest BCUT2D eigenvalue weighted by Crippen LogP contribution is 2.26. The molecule has 0 radical (unpaired) electrons. The zero-order valence-corrected chi connectivity index (χ0v) is 15.3. The summed E-state index contributed by atoms with van der Waals surface area (Å²) >= 11 is -2.49. The van der Waals surface area contributed by atoms with E-state index in [-0.39, 0.29) is 22.0 Å². The van der Waals surface area contributed by atoms with Gasteiger partial charge in [-0.05, 0) is 35.9 Å². The SMILES string of the molecule is COc1cc(C=NN(CC(F)(F)F)C(=N)c2ccccc2S(=O)O)ccc1O. The lowest BCUT2D eigenvalue weighted by molar-refractivity contribution is -0.137. The Bertz CT molecular complexity index is 919. The largest absolute Gasteiger partial charge is 0.504 e. The number of methoxy groups -OCH3 is 1. The van der Waals surface area contributed by atoms with Gasteiger partial charge in [-0.1, -0.05) is 12.1 Å². The van der Waals surface area contributed by atoms with Gasteiger partial charge in [-0.15, -0.1) is 0 Å². The van der Waals surface area contributed by atoms with Crippen molar-refractivity contribution < 1.29 is 31.8 Å². The molecule has 2 aromatic rings. The van der Waals surface area contributed by atoms with Crippen LogP contribution in [-0.4, -0.2) is 50.8 Å². The summed E-state index contributed by atoms with van der Waals surface area (Å²) < 4.78 is 64.5. The molecule has 7 nitrogen and oxygen atoms in total. The van der Waals surface area contributed by atoms with Crippen LogP contribution in [0.5, 0.6) is 11.5 Å². The Morgan fingerprint density at radius 2 is 2.00 bits per heavy atom. The number of hydrazone groups is 1. The molecular weight excluding hydrogens is 399 g/mol. The molecule has 0 saturated heterocycles. The van der Waals surface area contributed by atoms with E-state index in [1.54, 1.807) is 0 Å². The van der Waals surface area contributed by atoms with Gasteiger partial charge in [0.15, 0.2) is 22.6 Å². The fourth-order valence-electron chi connectivity index (χ4n) is 2.21. The molecular formula is C17H16F3N3O4S. The van der Waals surface area contributed by atoms with Gasteiger partial charge in [0.05, 0.1) is 18.2 Å². The third-order valence-electron chi connectivity index (χ3n) is 3.47. The van der Waals surface area contributed by atoms with Crippen molar-refractivity contribution in [2.24, 2.45) is 5.10 Å². The highest BCUT2D eigenvalue weighted by Gasteiger charge is 2.33. The predicted molar refractivity (Wildman–Crippen MR) is 97.3 cm³/mol. The first-order chi connectivity index (χ1) is 13.1. The van der Waals surface area contributed by atoms with E-state index < -0.39 is 29.6 Å². The lowest BCUT2D eigenvalue weighted by atomic mass is 10.2. The van der Waals surface area contributed by atoms with Gasteiger partial charge in [-0.2, -0.15) is 18.3 Å². The van der Waals surface area contributed by atoms with E-state index in [0.29, 0.717) is 10.6 Å². The molecule has 0 aliphatic rings. The second kappa shape index (κ2) is 8.85. The van der Waals surface area contributed by atoms with Gasteiger partial charge in [0.25, 0.3) is 0 Å². The summed E-state index contributed by atoms with van der Waals surface area (Å²) in [5.41, 5.74) is 0.154. The summed E-state index contributed by atoms with van der Waals surface area (Å²) in [5.74, 6) is -0.751. The first-order valence-corrected chi connectivity index (χ1v) is 8.77. The second-order valence-corrected chi connectivity index (χ2v) is 6.38. The molecule has 1 unspecified atom stereocenters. The smallest absolute Gasteiger partial charge is 0.408 e. The molecule has 1 atom stereocenters. The molecule has 2 rings (SSSR count). The van der Waals surface area contributed by atoms with Gasteiger partial charge in [0, 0.05) is 5.56 Å². The minimum absolute atomic E-state index is 0.0995. The standard InChI is InChI=1S/C17H16F3N3O4S/c1-27-14-8-11(6-7-13(14)24)9-22-23(10-17(18,19)20)16(21)12-4-2-3-5-15(12)28(25)26/h2-9,21,24H,10H2,1H3,(H,25,26). The maximum Gasteiger partial charge on any atom is 0.408 e. The fraction of sp³-hybridized carbons (Fsp3) is 0.176.